The summed E-state index contributed by atoms with van der Waals surface area (Å²) in [4.78, 5) is 31.2. The van der Waals surface area contributed by atoms with Gasteiger partial charge in [-0.2, -0.15) is 0 Å². The molecule has 0 bridgehead atoms. The van der Waals surface area contributed by atoms with E-state index in [4.69, 9.17) is 9.26 Å². The van der Waals surface area contributed by atoms with E-state index in [0.29, 0.717) is 33.6 Å². The molecule has 8 heteroatoms. The van der Waals surface area contributed by atoms with Crippen molar-refractivity contribution in [2.45, 2.75) is 53.1 Å². The molecule has 3 aromatic rings. The third-order valence-electron chi connectivity index (χ3n) is 5.61. The van der Waals surface area contributed by atoms with E-state index in [2.05, 4.69) is 10.1 Å². The van der Waals surface area contributed by atoms with Crippen molar-refractivity contribution < 1.29 is 23.2 Å². The van der Waals surface area contributed by atoms with Gasteiger partial charge in [0.1, 0.15) is 17.0 Å². The van der Waals surface area contributed by atoms with Gasteiger partial charge in [0.25, 0.3) is 5.91 Å². The fourth-order valence-electron chi connectivity index (χ4n) is 4.11. The van der Waals surface area contributed by atoms with E-state index < -0.39 is 11.4 Å². The van der Waals surface area contributed by atoms with Crippen LogP contribution in [-0.4, -0.2) is 39.6 Å². The average Bonchev–Trinajstić information content (AvgIpc) is 3.22. The van der Waals surface area contributed by atoms with E-state index in [1.165, 1.54) is 29.3 Å². The molecule has 0 radical (unpaired) electrons. The Balaban J connectivity index is 1.89. The number of ether oxygens (including phenoxy) is 1. The summed E-state index contributed by atoms with van der Waals surface area (Å²) in [5.41, 5.74) is 3.57. The quantitative estimate of drug-likeness (QED) is 0.601. The van der Waals surface area contributed by atoms with Gasteiger partial charge in [-0.05, 0) is 51.5 Å². The summed E-state index contributed by atoms with van der Waals surface area (Å²) < 4.78 is 24.8. The Morgan fingerprint density at radius 1 is 1.28 bits per heavy atom. The first kappa shape index (κ1) is 21.8. The van der Waals surface area contributed by atoms with E-state index in [-0.39, 0.29) is 29.9 Å². The van der Waals surface area contributed by atoms with Crippen molar-refractivity contribution in [1.29, 1.82) is 0 Å². The number of esters is 1. The maximum Gasteiger partial charge on any atom is 0.342 e. The molecule has 1 amide bonds. The van der Waals surface area contributed by atoms with Gasteiger partial charge in [0.05, 0.1) is 17.4 Å². The predicted molar refractivity (Wildman–Crippen MR) is 118 cm³/mol. The first-order valence-electron chi connectivity index (χ1n) is 10.5. The molecule has 1 aliphatic heterocycles. The molecule has 0 atom stereocenters. The van der Waals surface area contributed by atoms with Gasteiger partial charge < -0.3 is 19.1 Å². The Hall–Kier alpha value is -3.42. The first-order chi connectivity index (χ1) is 15.0. The second-order valence-electron chi connectivity index (χ2n) is 9.12. The lowest BCUT2D eigenvalue weighted by atomic mass is 9.83. The van der Waals surface area contributed by atoms with Gasteiger partial charge in [-0.15, -0.1) is 0 Å². The number of aromatic amines is 1. The highest BCUT2D eigenvalue weighted by Crippen LogP contribution is 2.41. The Morgan fingerprint density at radius 3 is 2.66 bits per heavy atom. The van der Waals surface area contributed by atoms with Crippen LogP contribution in [0.5, 0.6) is 0 Å². The topological polar surface area (TPSA) is 88.4 Å². The van der Waals surface area contributed by atoms with Gasteiger partial charge in [0.2, 0.25) is 0 Å². The van der Waals surface area contributed by atoms with Crippen LogP contribution in [-0.2, 0) is 14.9 Å². The number of hydrogen-bond acceptors (Lipinski definition) is 5. The van der Waals surface area contributed by atoms with Crippen molar-refractivity contribution >= 4 is 28.5 Å². The molecule has 7 nitrogen and oxygen atoms in total. The zero-order chi connectivity index (χ0) is 23.4. The molecule has 1 aromatic carbocycles. The normalized spacial score (nSPS) is 15.5. The first-order valence-corrected chi connectivity index (χ1v) is 10.5. The maximum absolute atomic E-state index is 13.8. The molecule has 168 valence electrons. The molecule has 3 heterocycles. The Labute approximate surface area is 185 Å². The number of aromatic nitrogens is 2. The number of nitrogens with zero attached hydrogens (tertiary/aromatic N) is 2. The van der Waals surface area contributed by atoms with Gasteiger partial charge >= 0.3 is 5.97 Å². The van der Waals surface area contributed by atoms with E-state index in [9.17, 15) is 14.0 Å². The number of halogens is 1. The summed E-state index contributed by atoms with van der Waals surface area (Å²) >= 11 is 0. The minimum absolute atomic E-state index is 0.220. The average molecular weight is 439 g/mol. The molecule has 0 aliphatic carbocycles. The molecular formula is C24H26FN3O4. The van der Waals surface area contributed by atoms with Gasteiger partial charge in [0.15, 0.2) is 5.58 Å². The van der Waals surface area contributed by atoms with Gasteiger partial charge in [0, 0.05) is 29.3 Å². The van der Waals surface area contributed by atoms with E-state index >= 15 is 0 Å². The van der Waals surface area contributed by atoms with Crippen LogP contribution < -0.4 is 0 Å². The van der Waals surface area contributed by atoms with Gasteiger partial charge in [-0.3, -0.25) is 4.79 Å². The number of carbonyl (C=O) groups excluding carboxylic acids is 2. The summed E-state index contributed by atoms with van der Waals surface area (Å²) in [6, 6.07) is 4.22. The zero-order valence-corrected chi connectivity index (χ0v) is 19.0. The van der Waals surface area contributed by atoms with Gasteiger partial charge in [-0.1, -0.05) is 19.0 Å². The molecule has 0 saturated heterocycles. The number of aryl methyl sites for hydroxylation is 2. The van der Waals surface area contributed by atoms with Crippen LogP contribution in [0.3, 0.4) is 0 Å². The van der Waals surface area contributed by atoms with Crippen LogP contribution in [0, 0.1) is 19.7 Å². The van der Waals surface area contributed by atoms with Crippen molar-refractivity contribution in [3.8, 4) is 0 Å². The molecule has 4 rings (SSSR count). The minimum atomic E-state index is -0.597. The van der Waals surface area contributed by atoms with E-state index in [0.717, 1.165) is 5.56 Å². The lowest BCUT2D eigenvalue weighted by molar-refractivity contribution is -0.140. The summed E-state index contributed by atoms with van der Waals surface area (Å²) in [5.74, 6) is -1.28. The van der Waals surface area contributed by atoms with Crippen molar-refractivity contribution in [3.63, 3.8) is 0 Å². The van der Waals surface area contributed by atoms with Crippen LogP contribution in [0.2, 0.25) is 0 Å². The minimum Gasteiger partial charge on any atom is -0.459 e. The molecule has 0 unspecified atom stereocenters. The fraction of sp³-hybridized carbons (Fsp3) is 0.375. The Morgan fingerprint density at radius 2 is 2.00 bits per heavy atom. The molecule has 0 fully saturated rings. The van der Waals surface area contributed by atoms with Crippen LogP contribution >= 0.6 is 0 Å². The maximum atomic E-state index is 13.8. The molecule has 1 aliphatic rings. The van der Waals surface area contributed by atoms with Crippen molar-refractivity contribution in [2.75, 3.05) is 6.54 Å². The lowest BCUT2D eigenvalue weighted by Crippen LogP contribution is -2.37. The number of H-pyrrole nitrogens is 1. The number of benzene rings is 1. The van der Waals surface area contributed by atoms with E-state index in [1.807, 2.05) is 20.8 Å². The second-order valence-corrected chi connectivity index (χ2v) is 9.12. The number of amides is 1. The van der Waals surface area contributed by atoms with E-state index in [1.54, 1.807) is 20.8 Å². The van der Waals surface area contributed by atoms with Crippen molar-refractivity contribution in [2.24, 2.45) is 0 Å². The number of rotatable bonds is 3. The van der Waals surface area contributed by atoms with Crippen LogP contribution in [0.25, 0.3) is 16.7 Å². The molecule has 32 heavy (non-hydrogen) atoms. The van der Waals surface area contributed by atoms with Gasteiger partial charge in [-0.25, -0.2) is 9.18 Å². The Kier molecular flexibility index (Phi) is 5.19. The number of nitrogens with one attached hydrogen (secondary N) is 1. The van der Waals surface area contributed by atoms with Crippen LogP contribution in [0.15, 0.2) is 28.9 Å². The Bertz CT molecular complexity index is 1270. The van der Waals surface area contributed by atoms with Crippen molar-refractivity contribution in [1.82, 2.24) is 15.0 Å². The van der Waals surface area contributed by atoms with Crippen LogP contribution in [0.4, 0.5) is 4.39 Å². The molecule has 0 spiro atoms. The standard InChI is InChI=1S/C24H26FN3O4/c1-12(2)31-23(30)16-10-28(22(29)15-7-8-17(25)13(3)9-15)11-24(5,6)18-20(16)26-19-14(4)27-32-21(18)19/h7-10,12,26H,11H2,1-6H3. The highest BCUT2D eigenvalue weighted by atomic mass is 19.1. The molecular weight excluding hydrogens is 413 g/mol. The summed E-state index contributed by atoms with van der Waals surface area (Å²) in [5, 5.41) is 4.04. The third kappa shape index (κ3) is 3.59. The number of hydrogen-bond donors (Lipinski definition) is 1. The summed E-state index contributed by atoms with van der Waals surface area (Å²) in [7, 11) is 0. The SMILES string of the molecule is Cc1cc(C(=O)N2C=C(C(=O)OC(C)C)c3[nH]c4c(C)noc4c3C(C)(C)C2)ccc1F. The highest BCUT2D eigenvalue weighted by Gasteiger charge is 2.39. The summed E-state index contributed by atoms with van der Waals surface area (Å²) in [6.45, 7) is 11.2. The smallest absolute Gasteiger partial charge is 0.342 e. The second kappa shape index (κ2) is 7.62. The molecule has 2 aromatic heterocycles. The molecule has 0 saturated carbocycles. The summed E-state index contributed by atoms with van der Waals surface area (Å²) in [6.07, 6.45) is 1.17. The van der Waals surface area contributed by atoms with Crippen LogP contribution in [0.1, 0.15) is 60.6 Å². The predicted octanol–water partition coefficient (Wildman–Crippen LogP) is 4.64. The number of fused-ring (bicyclic) bond motifs is 3. The number of carbonyl (C=O) groups is 2. The highest BCUT2D eigenvalue weighted by molar-refractivity contribution is 6.18. The third-order valence-corrected chi connectivity index (χ3v) is 5.61. The largest absolute Gasteiger partial charge is 0.459 e. The van der Waals surface area contributed by atoms with Crippen molar-refractivity contribution in [3.05, 3.63) is 58.3 Å². The zero-order valence-electron chi connectivity index (χ0n) is 19.0. The monoisotopic (exact) mass is 439 g/mol. The fourth-order valence-corrected chi connectivity index (χ4v) is 4.11. The lowest BCUT2D eigenvalue weighted by Gasteiger charge is -2.29. The molecule has 1 N–H and O–H groups in total.